The van der Waals surface area contributed by atoms with Crippen molar-refractivity contribution in [1.29, 1.82) is 0 Å². The molecule has 1 aromatic carbocycles. The molecule has 0 aliphatic carbocycles. The predicted octanol–water partition coefficient (Wildman–Crippen LogP) is 3.58. The minimum absolute atomic E-state index is 0.269. The van der Waals surface area contributed by atoms with Gasteiger partial charge in [-0.15, -0.1) is 11.3 Å². The first kappa shape index (κ1) is 15.0. The molecule has 1 aliphatic rings. The Hall–Kier alpha value is -2.25. The first-order valence-electron chi connectivity index (χ1n) is 8.50. The maximum Gasteiger partial charge on any atom is 0.146 e. The van der Waals surface area contributed by atoms with Crippen molar-refractivity contribution < 1.29 is 4.39 Å². The van der Waals surface area contributed by atoms with Gasteiger partial charge in [0.2, 0.25) is 0 Å². The molecule has 0 atom stereocenters. The Balaban J connectivity index is 1.53. The number of hydrogen-bond acceptors (Lipinski definition) is 4. The number of benzene rings is 1. The van der Waals surface area contributed by atoms with E-state index in [4.69, 9.17) is 0 Å². The Morgan fingerprint density at radius 1 is 1.16 bits per heavy atom. The van der Waals surface area contributed by atoms with Crippen LogP contribution >= 0.6 is 11.3 Å². The Kier molecular flexibility index (Phi) is 3.39. The molecular formula is C18H18FN5S. The summed E-state index contributed by atoms with van der Waals surface area (Å²) in [5, 5.41) is 14.0. The van der Waals surface area contributed by atoms with Crippen LogP contribution in [0.25, 0.3) is 26.8 Å². The first-order valence-corrected chi connectivity index (χ1v) is 9.32. The summed E-state index contributed by atoms with van der Waals surface area (Å²) in [5.74, 6) is 0.367. The minimum Gasteiger partial charge on any atom is -0.317 e. The molecule has 4 heterocycles. The number of nitrogens with zero attached hydrogens (tertiary/aromatic N) is 4. The zero-order valence-corrected chi connectivity index (χ0v) is 14.7. The van der Waals surface area contributed by atoms with Crippen molar-refractivity contribution in [3.05, 3.63) is 41.3 Å². The van der Waals surface area contributed by atoms with Gasteiger partial charge in [-0.1, -0.05) is 0 Å². The number of aryl methyl sites for hydroxylation is 1. The smallest absolute Gasteiger partial charge is 0.146 e. The van der Waals surface area contributed by atoms with Crippen LogP contribution in [0.2, 0.25) is 0 Å². The normalized spacial score (nSPS) is 16.2. The largest absolute Gasteiger partial charge is 0.317 e. The highest BCUT2D eigenvalue weighted by Crippen LogP contribution is 2.35. The molecule has 128 valence electrons. The third kappa shape index (κ3) is 2.54. The SMILES string of the molecule is Cn1cc2c(F)cc(-n3cc4cc(C5CCNCC5)sc4n3)cc2n1. The fraction of sp³-hybridized carbons (Fsp3) is 0.333. The molecule has 1 aliphatic heterocycles. The highest BCUT2D eigenvalue weighted by molar-refractivity contribution is 7.18. The molecule has 0 saturated carbocycles. The first-order chi connectivity index (χ1) is 12.2. The maximum atomic E-state index is 14.3. The highest BCUT2D eigenvalue weighted by atomic mass is 32.1. The van der Waals surface area contributed by atoms with Crippen LogP contribution in [0.5, 0.6) is 0 Å². The van der Waals surface area contributed by atoms with Crippen LogP contribution in [-0.2, 0) is 7.05 Å². The van der Waals surface area contributed by atoms with E-state index < -0.39 is 0 Å². The van der Waals surface area contributed by atoms with E-state index >= 15 is 0 Å². The molecule has 0 unspecified atom stereocenters. The number of thiophene rings is 1. The third-order valence-electron chi connectivity index (χ3n) is 4.90. The maximum absolute atomic E-state index is 14.3. The van der Waals surface area contributed by atoms with Crippen LogP contribution in [0.3, 0.4) is 0 Å². The average molecular weight is 355 g/mol. The van der Waals surface area contributed by atoms with Crippen molar-refractivity contribution in [2.24, 2.45) is 7.05 Å². The van der Waals surface area contributed by atoms with Gasteiger partial charge < -0.3 is 5.32 Å². The number of hydrogen-bond donors (Lipinski definition) is 1. The van der Waals surface area contributed by atoms with Gasteiger partial charge in [0, 0.05) is 35.8 Å². The standard InChI is InChI=1S/C18H18FN5S/c1-23-10-14-15(19)7-13(8-16(14)21-23)24-9-12-6-17(25-18(12)22-24)11-2-4-20-5-3-11/h6-11,20H,2-5H2,1H3. The zero-order chi connectivity index (χ0) is 17.0. The van der Waals surface area contributed by atoms with E-state index in [2.05, 4.69) is 21.6 Å². The molecule has 3 aromatic heterocycles. The molecule has 5 rings (SSSR count). The van der Waals surface area contributed by atoms with E-state index in [1.165, 1.54) is 23.8 Å². The average Bonchev–Trinajstić information content (AvgIpc) is 3.27. The van der Waals surface area contributed by atoms with Crippen LogP contribution in [0.1, 0.15) is 23.6 Å². The minimum atomic E-state index is -0.269. The van der Waals surface area contributed by atoms with E-state index in [-0.39, 0.29) is 5.82 Å². The van der Waals surface area contributed by atoms with E-state index in [1.807, 2.05) is 12.3 Å². The lowest BCUT2D eigenvalue weighted by molar-refractivity contribution is 0.465. The number of piperidine rings is 1. The number of rotatable bonds is 2. The van der Waals surface area contributed by atoms with Gasteiger partial charge in [0.15, 0.2) is 0 Å². The van der Waals surface area contributed by atoms with E-state index in [0.717, 1.165) is 23.3 Å². The molecule has 1 saturated heterocycles. The third-order valence-corrected chi connectivity index (χ3v) is 6.10. The predicted molar refractivity (Wildman–Crippen MR) is 98.0 cm³/mol. The lowest BCUT2D eigenvalue weighted by Crippen LogP contribution is -2.26. The second kappa shape index (κ2) is 5.64. The van der Waals surface area contributed by atoms with Crippen molar-refractivity contribution in [2.75, 3.05) is 13.1 Å². The summed E-state index contributed by atoms with van der Waals surface area (Å²) >= 11 is 1.76. The Morgan fingerprint density at radius 3 is 2.80 bits per heavy atom. The van der Waals surface area contributed by atoms with Crippen LogP contribution in [0.15, 0.2) is 30.6 Å². The van der Waals surface area contributed by atoms with Crippen molar-refractivity contribution in [3.63, 3.8) is 0 Å². The van der Waals surface area contributed by atoms with Gasteiger partial charge in [-0.3, -0.25) is 4.68 Å². The molecule has 4 aromatic rings. The van der Waals surface area contributed by atoms with Crippen molar-refractivity contribution in [1.82, 2.24) is 24.9 Å². The molecule has 1 fully saturated rings. The van der Waals surface area contributed by atoms with Crippen LogP contribution < -0.4 is 5.32 Å². The summed E-state index contributed by atoms with van der Waals surface area (Å²) in [7, 11) is 1.80. The van der Waals surface area contributed by atoms with Crippen LogP contribution in [0, 0.1) is 5.82 Å². The number of halogens is 1. The van der Waals surface area contributed by atoms with Crippen LogP contribution in [-0.4, -0.2) is 32.7 Å². The Bertz CT molecular complexity index is 1040. The fourth-order valence-electron chi connectivity index (χ4n) is 3.60. The molecule has 1 N–H and O–H groups in total. The van der Waals surface area contributed by atoms with Gasteiger partial charge in [-0.05, 0) is 44.0 Å². The summed E-state index contributed by atoms with van der Waals surface area (Å²) in [6, 6.07) is 5.64. The molecular weight excluding hydrogens is 337 g/mol. The van der Waals surface area contributed by atoms with E-state index in [1.54, 1.807) is 33.9 Å². The van der Waals surface area contributed by atoms with Crippen molar-refractivity contribution in [2.45, 2.75) is 18.8 Å². The second-order valence-electron chi connectivity index (χ2n) is 6.67. The van der Waals surface area contributed by atoms with Crippen molar-refractivity contribution in [3.8, 4) is 5.69 Å². The molecule has 7 heteroatoms. The summed E-state index contributed by atoms with van der Waals surface area (Å²) in [6.07, 6.45) is 6.05. The topological polar surface area (TPSA) is 47.7 Å². The van der Waals surface area contributed by atoms with Gasteiger partial charge in [0.05, 0.1) is 16.6 Å². The lowest BCUT2D eigenvalue weighted by Gasteiger charge is -2.21. The van der Waals surface area contributed by atoms with Gasteiger partial charge in [0.25, 0.3) is 0 Å². The van der Waals surface area contributed by atoms with Gasteiger partial charge in [0.1, 0.15) is 10.6 Å². The zero-order valence-electron chi connectivity index (χ0n) is 13.9. The second-order valence-corrected chi connectivity index (χ2v) is 7.73. The fourth-order valence-corrected chi connectivity index (χ4v) is 4.77. The number of nitrogens with one attached hydrogen (secondary N) is 1. The molecule has 25 heavy (non-hydrogen) atoms. The summed E-state index contributed by atoms with van der Waals surface area (Å²) in [5.41, 5.74) is 1.35. The summed E-state index contributed by atoms with van der Waals surface area (Å²) in [6.45, 7) is 2.17. The molecule has 0 amide bonds. The van der Waals surface area contributed by atoms with Gasteiger partial charge in [-0.2, -0.15) is 10.2 Å². The number of aromatic nitrogens is 4. The van der Waals surface area contributed by atoms with Gasteiger partial charge >= 0.3 is 0 Å². The molecule has 0 bridgehead atoms. The highest BCUT2D eigenvalue weighted by Gasteiger charge is 2.19. The summed E-state index contributed by atoms with van der Waals surface area (Å²) < 4.78 is 17.7. The monoisotopic (exact) mass is 355 g/mol. The Labute approximate surface area is 148 Å². The van der Waals surface area contributed by atoms with Crippen LogP contribution in [0.4, 0.5) is 4.39 Å². The van der Waals surface area contributed by atoms with E-state index in [0.29, 0.717) is 22.5 Å². The summed E-state index contributed by atoms with van der Waals surface area (Å²) in [4.78, 5) is 2.42. The quantitative estimate of drug-likeness (QED) is 0.598. The van der Waals surface area contributed by atoms with E-state index in [9.17, 15) is 4.39 Å². The molecule has 5 nitrogen and oxygen atoms in total. The number of fused-ring (bicyclic) bond motifs is 2. The van der Waals surface area contributed by atoms with Crippen molar-refractivity contribution >= 4 is 32.5 Å². The molecule has 0 radical (unpaired) electrons. The Morgan fingerprint density at radius 2 is 2.00 bits per heavy atom. The lowest BCUT2D eigenvalue weighted by atomic mass is 9.96. The van der Waals surface area contributed by atoms with Gasteiger partial charge in [-0.25, -0.2) is 9.07 Å². The molecule has 0 spiro atoms.